The maximum atomic E-state index is 12.8. The van der Waals surface area contributed by atoms with Crippen LogP contribution >= 0.6 is 0 Å². The van der Waals surface area contributed by atoms with Gasteiger partial charge in [0.05, 0.1) is 13.2 Å². The molecule has 0 bridgehead atoms. The zero-order valence-corrected chi connectivity index (χ0v) is 19.9. The largest absolute Gasteiger partial charge is 0.490 e. The highest BCUT2D eigenvalue weighted by Crippen LogP contribution is 2.26. The van der Waals surface area contributed by atoms with Gasteiger partial charge in [-0.25, -0.2) is 4.98 Å². The van der Waals surface area contributed by atoms with Crippen LogP contribution in [0.25, 0.3) is 0 Å². The van der Waals surface area contributed by atoms with Gasteiger partial charge in [-0.1, -0.05) is 18.2 Å². The maximum absolute atomic E-state index is 12.8. The van der Waals surface area contributed by atoms with Crippen molar-refractivity contribution in [2.45, 2.75) is 52.6 Å². The van der Waals surface area contributed by atoms with Gasteiger partial charge in [-0.2, -0.15) is 0 Å². The second-order valence-electron chi connectivity index (χ2n) is 8.97. The Bertz CT molecular complexity index is 1020. The SMILES string of the molecule is Cc1cccc(C)c1OC1CCN(C(=O)CCc2c(C)nc(N3CCOCC3)[nH]c2=O)CC1. The molecule has 178 valence electrons. The minimum atomic E-state index is -0.155. The van der Waals surface area contributed by atoms with Crippen molar-refractivity contribution in [2.75, 3.05) is 44.3 Å². The van der Waals surface area contributed by atoms with Crippen LogP contribution in [0.1, 0.15) is 41.6 Å². The summed E-state index contributed by atoms with van der Waals surface area (Å²) in [6.45, 7) is 10.0. The number of benzene rings is 1. The van der Waals surface area contributed by atoms with Crippen molar-refractivity contribution < 1.29 is 14.3 Å². The quantitative estimate of drug-likeness (QED) is 0.722. The number of hydrogen-bond donors (Lipinski definition) is 1. The van der Waals surface area contributed by atoms with Crippen LogP contribution in [0, 0.1) is 20.8 Å². The number of rotatable bonds is 6. The summed E-state index contributed by atoms with van der Waals surface area (Å²) in [6.07, 6.45) is 2.46. The van der Waals surface area contributed by atoms with E-state index in [1.807, 2.05) is 22.8 Å². The molecule has 8 heteroatoms. The summed E-state index contributed by atoms with van der Waals surface area (Å²) in [5, 5.41) is 0. The molecule has 1 aromatic carbocycles. The minimum absolute atomic E-state index is 0.0802. The molecule has 0 aliphatic carbocycles. The van der Waals surface area contributed by atoms with Crippen LogP contribution in [0.4, 0.5) is 5.95 Å². The number of piperidine rings is 1. The Morgan fingerprint density at radius 1 is 1.12 bits per heavy atom. The second-order valence-corrected chi connectivity index (χ2v) is 8.97. The Kier molecular flexibility index (Phi) is 7.33. The predicted molar refractivity (Wildman–Crippen MR) is 127 cm³/mol. The Morgan fingerprint density at radius 3 is 2.42 bits per heavy atom. The summed E-state index contributed by atoms with van der Waals surface area (Å²) in [7, 11) is 0. The molecule has 4 rings (SSSR count). The molecule has 33 heavy (non-hydrogen) atoms. The van der Waals surface area contributed by atoms with Gasteiger partial charge in [0.1, 0.15) is 11.9 Å². The number of hydrogen-bond acceptors (Lipinski definition) is 6. The van der Waals surface area contributed by atoms with E-state index in [4.69, 9.17) is 9.47 Å². The van der Waals surface area contributed by atoms with Crippen LogP contribution in [0.5, 0.6) is 5.75 Å². The fourth-order valence-electron chi connectivity index (χ4n) is 4.58. The normalized spacial score (nSPS) is 17.3. The average molecular weight is 455 g/mol. The summed E-state index contributed by atoms with van der Waals surface area (Å²) >= 11 is 0. The van der Waals surface area contributed by atoms with E-state index in [9.17, 15) is 9.59 Å². The maximum Gasteiger partial charge on any atom is 0.255 e. The van der Waals surface area contributed by atoms with E-state index in [1.165, 1.54) is 0 Å². The summed E-state index contributed by atoms with van der Waals surface area (Å²) in [4.78, 5) is 36.9. The number of likely N-dealkylation sites (tertiary alicyclic amines) is 1. The van der Waals surface area contributed by atoms with Gasteiger partial charge < -0.3 is 19.3 Å². The topological polar surface area (TPSA) is 87.8 Å². The molecule has 8 nitrogen and oxygen atoms in total. The molecule has 2 saturated heterocycles. The molecule has 0 radical (unpaired) electrons. The smallest absolute Gasteiger partial charge is 0.255 e. The molecule has 0 saturated carbocycles. The van der Waals surface area contributed by atoms with Gasteiger partial charge >= 0.3 is 0 Å². The van der Waals surface area contributed by atoms with Crippen LogP contribution in [-0.4, -0.2) is 66.3 Å². The Balaban J connectivity index is 1.29. The third-order valence-electron chi connectivity index (χ3n) is 6.60. The number of aromatic amines is 1. The minimum Gasteiger partial charge on any atom is -0.490 e. The number of ether oxygens (including phenoxy) is 2. The van der Waals surface area contributed by atoms with Crippen LogP contribution in [-0.2, 0) is 16.0 Å². The summed E-state index contributed by atoms with van der Waals surface area (Å²) in [5.74, 6) is 1.63. The van der Waals surface area contributed by atoms with Crippen LogP contribution in [0.15, 0.2) is 23.0 Å². The van der Waals surface area contributed by atoms with Gasteiger partial charge in [0.15, 0.2) is 0 Å². The van der Waals surface area contributed by atoms with E-state index >= 15 is 0 Å². The van der Waals surface area contributed by atoms with Crippen molar-refractivity contribution in [2.24, 2.45) is 0 Å². The number of para-hydroxylation sites is 1. The molecule has 1 N–H and O–H groups in total. The second kappa shape index (κ2) is 10.4. The Morgan fingerprint density at radius 2 is 1.79 bits per heavy atom. The monoisotopic (exact) mass is 454 g/mol. The van der Waals surface area contributed by atoms with Crippen LogP contribution in [0.3, 0.4) is 0 Å². The van der Waals surface area contributed by atoms with Gasteiger partial charge in [0, 0.05) is 56.7 Å². The molecular formula is C25H34N4O4. The number of anilines is 1. The third kappa shape index (κ3) is 5.55. The summed E-state index contributed by atoms with van der Waals surface area (Å²) in [6, 6.07) is 6.16. The van der Waals surface area contributed by atoms with Crippen molar-refractivity contribution in [1.29, 1.82) is 0 Å². The van der Waals surface area contributed by atoms with Crippen LogP contribution in [0.2, 0.25) is 0 Å². The first-order chi connectivity index (χ1) is 15.9. The number of morpholine rings is 1. The first-order valence-electron chi connectivity index (χ1n) is 11.9. The number of H-pyrrole nitrogens is 1. The number of carbonyl (C=O) groups excluding carboxylic acids is 1. The van der Waals surface area contributed by atoms with Crippen molar-refractivity contribution in [3.8, 4) is 5.75 Å². The molecular weight excluding hydrogens is 420 g/mol. The lowest BCUT2D eigenvalue weighted by Gasteiger charge is -2.33. The Labute approximate surface area is 194 Å². The number of aromatic nitrogens is 2. The molecule has 2 aliphatic rings. The van der Waals surface area contributed by atoms with E-state index in [2.05, 4.69) is 35.9 Å². The molecule has 0 unspecified atom stereocenters. The zero-order valence-electron chi connectivity index (χ0n) is 19.9. The number of amides is 1. The zero-order chi connectivity index (χ0) is 23.4. The van der Waals surface area contributed by atoms with Crippen molar-refractivity contribution in [3.05, 3.63) is 50.9 Å². The average Bonchev–Trinajstić information content (AvgIpc) is 2.82. The van der Waals surface area contributed by atoms with E-state index in [0.29, 0.717) is 69.4 Å². The van der Waals surface area contributed by atoms with Crippen LogP contribution < -0.4 is 15.2 Å². The molecule has 2 aromatic rings. The summed E-state index contributed by atoms with van der Waals surface area (Å²) < 4.78 is 11.6. The first-order valence-corrected chi connectivity index (χ1v) is 11.9. The Hall–Kier alpha value is -2.87. The molecule has 2 aliphatic heterocycles. The van der Waals surface area contributed by atoms with E-state index in [0.717, 1.165) is 29.7 Å². The molecule has 1 amide bonds. The molecule has 1 aromatic heterocycles. The van der Waals surface area contributed by atoms with Gasteiger partial charge in [0.2, 0.25) is 11.9 Å². The van der Waals surface area contributed by atoms with E-state index < -0.39 is 0 Å². The fraction of sp³-hybridized carbons (Fsp3) is 0.560. The fourth-order valence-corrected chi connectivity index (χ4v) is 4.58. The van der Waals surface area contributed by atoms with Gasteiger partial charge in [-0.3, -0.25) is 14.6 Å². The van der Waals surface area contributed by atoms with Gasteiger partial charge in [0.25, 0.3) is 5.56 Å². The lowest BCUT2D eigenvalue weighted by atomic mass is 10.0. The number of nitrogens with one attached hydrogen (secondary N) is 1. The summed E-state index contributed by atoms with van der Waals surface area (Å²) in [5.41, 5.74) is 3.41. The standard InChI is InChI=1S/C25H34N4O4/c1-17-5-4-6-18(2)23(17)33-20-9-11-28(12-10-20)22(30)8-7-21-19(3)26-25(27-24(21)31)29-13-15-32-16-14-29/h4-6,20H,7-16H2,1-3H3,(H,26,27,31). The highest BCUT2D eigenvalue weighted by atomic mass is 16.5. The molecule has 2 fully saturated rings. The van der Waals surface area contributed by atoms with Gasteiger partial charge in [-0.05, 0) is 38.3 Å². The highest BCUT2D eigenvalue weighted by Gasteiger charge is 2.25. The number of carbonyl (C=O) groups is 1. The van der Waals surface area contributed by atoms with Crippen molar-refractivity contribution in [1.82, 2.24) is 14.9 Å². The lowest BCUT2D eigenvalue weighted by molar-refractivity contribution is -0.132. The first kappa shape index (κ1) is 23.3. The van der Waals surface area contributed by atoms with Gasteiger partial charge in [-0.15, -0.1) is 0 Å². The molecule has 3 heterocycles. The predicted octanol–water partition coefficient (Wildman–Crippen LogP) is 2.53. The lowest BCUT2D eigenvalue weighted by Crippen LogP contribution is -2.42. The third-order valence-corrected chi connectivity index (χ3v) is 6.60. The van der Waals surface area contributed by atoms with E-state index in [-0.39, 0.29) is 17.6 Å². The van der Waals surface area contributed by atoms with Crippen molar-refractivity contribution >= 4 is 11.9 Å². The molecule has 0 spiro atoms. The number of aryl methyl sites for hydroxylation is 3. The highest BCUT2D eigenvalue weighted by molar-refractivity contribution is 5.76. The van der Waals surface area contributed by atoms with E-state index in [1.54, 1.807) is 0 Å². The number of nitrogens with zero attached hydrogens (tertiary/aromatic N) is 3. The molecule has 0 atom stereocenters. The van der Waals surface area contributed by atoms with Crippen molar-refractivity contribution in [3.63, 3.8) is 0 Å².